The summed E-state index contributed by atoms with van der Waals surface area (Å²) in [7, 11) is 0. The number of nitrogens with zero attached hydrogens (tertiary/aromatic N) is 3. The molecule has 2 atom stereocenters. The number of halogens is 1. The van der Waals surface area contributed by atoms with Crippen LogP contribution in [0.4, 0.5) is 0 Å². The highest BCUT2D eigenvalue weighted by Crippen LogP contribution is 2.20. The van der Waals surface area contributed by atoms with Gasteiger partial charge in [-0.15, -0.1) is 0 Å². The van der Waals surface area contributed by atoms with E-state index in [-0.39, 0.29) is 18.5 Å². The number of hydrogen-bond donors (Lipinski definition) is 2. The van der Waals surface area contributed by atoms with Gasteiger partial charge in [-0.3, -0.25) is 14.5 Å². The first-order chi connectivity index (χ1) is 12.9. The molecule has 0 bridgehead atoms. The molecule has 1 aromatic carbocycles. The van der Waals surface area contributed by atoms with Gasteiger partial charge in [-0.2, -0.15) is 5.10 Å². The van der Waals surface area contributed by atoms with Crippen molar-refractivity contribution in [3.05, 3.63) is 34.1 Å². The molecule has 0 aliphatic carbocycles. The summed E-state index contributed by atoms with van der Waals surface area (Å²) in [6, 6.07) is 7.40. The molecule has 0 radical (unpaired) electrons. The number of likely N-dealkylation sites (tertiary alicyclic amines) is 1. The average Bonchev–Trinajstić information content (AvgIpc) is 2.96. The Bertz CT molecular complexity index is 831. The smallest absolute Gasteiger partial charge is 0.240 e. The predicted molar refractivity (Wildman–Crippen MR) is 110 cm³/mol. The summed E-state index contributed by atoms with van der Waals surface area (Å²) in [6.07, 6.45) is 2.53. The maximum atomic E-state index is 12.6. The van der Waals surface area contributed by atoms with Crippen LogP contribution in [0.3, 0.4) is 0 Å². The lowest BCUT2D eigenvalue weighted by Gasteiger charge is -2.32. The number of benzene rings is 1. The third kappa shape index (κ3) is 5.40. The van der Waals surface area contributed by atoms with Crippen LogP contribution >= 0.6 is 23.8 Å². The van der Waals surface area contributed by atoms with E-state index in [1.165, 1.54) is 12.8 Å². The number of rotatable bonds is 6. The van der Waals surface area contributed by atoms with Gasteiger partial charge in [-0.05, 0) is 68.7 Å². The summed E-state index contributed by atoms with van der Waals surface area (Å²) in [5, 5.41) is 10.8. The van der Waals surface area contributed by atoms with Gasteiger partial charge in [0.25, 0.3) is 0 Å². The number of carbonyl (C=O) groups is 1. The minimum atomic E-state index is -0.0692. The second-order valence-corrected chi connectivity index (χ2v) is 8.24. The Morgan fingerprint density at radius 1 is 1.44 bits per heavy atom. The van der Waals surface area contributed by atoms with E-state index in [0.29, 0.717) is 15.6 Å². The van der Waals surface area contributed by atoms with Crippen molar-refractivity contribution in [3.63, 3.8) is 0 Å². The van der Waals surface area contributed by atoms with Gasteiger partial charge in [0, 0.05) is 29.7 Å². The van der Waals surface area contributed by atoms with Crippen LogP contribution in [-0.2, 0) is 11.3 Å². The zero-order valence-corrected chi connectivity index (χ0v) is 17.3. The molecule has 1 aliphatic heterocycles. The minimum absolute atomic E-state index is 0.0692. The van der Waals surface area contributed by atoms with Crippen molar-refractivity contribution in [2.24, 2.45) is 5.92 Å². The molecule has 1 saturated heterocycles. The lowest BCUT2D eigenvalue weighted by atomic mass is 10.00. The largest absolute Gasteiger partial charge is 0.351 e. The van der Waals surface area contributed by atoms with Gasteiger partial charge in [-0.1, -0.05) is 18.5 Å². The van der Waals surface area contributed by atoms with E-state index in [2.05, 4.69) is 27.3 Å². The number of nitrogens with one attached hydrogen (secondary N) is 2. The van der Waals surface area contributed by atoms with Gasteiger partial charge in [-0.25, -0.2) is 0 Å². The fraction of sp³-hybridized carbons (Fsp3) is 0.526. The molecule has 1 aromatic heterocycles. The molecule has 0 spiro atoms. The maximum absolute atomic E-state index is 12.6. The SMILES string of the molecule is CC1CCCN(CC(C)NC(=O)Cn2c(-c3ccc(Cl)cc3)n[nH]c2=S)C1. The van der Waals surface area contributed by atoms with Crippen molar-refractivity contribution in [2.45, 2.75) is 39.3 Å². The van der Waals surface area contributed by atoms with E-state index < -0.39 is 0 Å². The van der Waals surface area contributed by atoms with Crippen LogP contribution in [0.25, 0.3) is 11.4 Å². The monoisotopic (exact) mass is 407 g/mol. The van der Waals surface area contributed by atoms with E-state index >= 15 is 0 Å². The average molecular weight is 408 g/mol. The molecule has 1 fully saturated rings. The molecule has 1 amide bonds. The second kappa shape index (κ2) is 8.99. The molecule has 2 aromatic rings. The van der Waals surface area contributed by atoms with Gasteiger partial charge >= 0.3 is 0 Å². The summed E-state index contributed by atoms with van der Waals surface area (Å²) >= 11 is 11.3. The van der Waals surface area contributed by atoms with Gasteiger partial charge in [0.15, 0.2) is 10.6 Å². The number of H-pyrrole nitrogens is 1. The van der Waals surface area contributed by atoms with Crippen molar-refractivity contribution in [3.8, 4) is 11.4 Å². The molecule has 2 unspecified atom stereocenters. The third-order valence-corrected chi connectivity index (χ3v) is 5.41. The first-order valence-corrected chi connectivity index (χ1v) is 10.1. The Morgan fingerprint density at radius 2 is 2.19 bits per heavy atom. The number of aromatic nitrogens is 3. The Hall–Kier alpha value is -1.70. The molecule has 2 N–H and O–H groups in total. The van der Waals surface area contributed by atoms with Gasteiger partial charge in [0.05, 0.1) is 0 Å². The highest BCUT2D eigenvalue weighted by Gasteiger charge is 2.19. The lowest BCUT2D eigenvalue weighted by molar-refractivity contribution is -0.122. The summed E-state index contributed by atoms with van der Waals surface area (Å²) in [5.74, 6) is 1.29. The zero-order chi connectivity index (χ0) is 19.4. The Kier molecular flexibility index (Phi) is 6.68. The Labute approximate surface area is 169 Å². The van der Waals surface area contributed by atoms with Gasteiger partial charge in [0.2, 0.25) is 5.91 Å². The summed E-state index contributed by atoms with van der Waals surface area (Å²) in [6.45, 7) is 7.55. The molecule has 27 heavy (non-hydrogen) atoms. The van der Waals surface area contributed by atoms with E-state index in [1.807, 2.05) is 19.1 Å². The number of carbonyl (C=O) groups excluding carboxylic acids is 1. The van der Waals surface area contributed by atoms with E-state index in [1.54, 1.807) is 16.7 Å². The van der Waals surface area contributed by atoms with E-state index in [9.17, 15) is 4.79 Å². The van der Waals surface area contributed by atoms with E-state index in [4.69, 9.17) is 23.8 Å². The van der Waals surface area contributed by atoms with Crippen molar-refractivity contribution < 1.29 is 4.79 Å². The second-order valence-electron chi connectivity index (χ2n) is 7.42. The quantitative estimate of drug-likeness (QED) is 0.719. The van der Waals surface area contributed by atoms with Crippen LogP contribution in [0.2, 0.25) is 5.02 Å². The summed E-state index contributed by atoms with van der Waals surface area (Å²) in [5.41, 5.74) is 0.856. The van der Waals surface area contributed by atoms with Crippen LogP contribution in [-0.4, -0.2) is 51.2 Å². The fourth-order valence-electron chi connectivity index (χ4n) is 3.63. The molecule has 6 nitrogen and oxygen atoms in total. The Morgan fingerprint density at radius 3 is 2.89 bits per heavy atom. The van der Waals surface area contributed by atoms with Crippen LogP contribution in [0.15, 0.2) is 24.3 Å². The standard InChI is InChI=1S/C19H26ClN5OS/c1-13-4-3-9-24(10-13)11-14(2)21-17(26)12-25-18(22-23-19(25)27)15-5-7-16(20)8-6-15/h5-8,13-14H,3-4,9-12H2,1-2H3,(H,21,26)(H,23,27). The molecule has 2 heterocycles. The molecule has 0 saturated carbocycles. The molecule has 1 aliphatic rings. The number of hydrogen-bond acceptors (Lipinski definition) is 4. The highest BCUT2D eigenvalue weighted by atomic mass is 35.5. The zero-order valence-electron chi connectivity index (χ0n) is 15.7. The van der Waals surface area contributed by atoms with Crippen LogP contribution in [0, 0.1) is 10.7 Å². The van der Waals surface area contributed by atoms with Crippen molar-refractivity contribution in [2.75, 3.05) is 19.6 Å². The number of aromatic amines is 1. The van der Waals surface area contributed by atoms with Gasteiger partial charge in [0.1, 0.15) is 6.54 Å². The minimum Gasteiger partial charge on any atom is -0.351 e. The van der Waals surface area contributed by atoms with Crippen molar-refractivity contribution in [1.82, 2.24) is 25.0 Å². The first kappa shape index (κ1) is 20.0. The molecular weight excluding hydrogens is 382 g/mol. The molecular formula is C19H26ClN5OS. The van der Waals surface area contributed by atoms with Crippen LogP contribution in [0.5, 0.6) is 0 Å². The highest BCUT2D eigenvalue weighted by molar-refractivity contribution is 7.71. The predicted octanol–water partition coefficient (Wildman–Crippen LogP) is 3.50. The van der Waals surface area contributed by atoms with Crippen molar-refractivity contribution >= 4 is 29.7 Å². The molecule has 146 valence electrons. The first-order valence-electron chi connectivity index (χ1n) is 9.35. The Balaban J connectivity index is 1.61. The number of amides is 1. The lowest BCUT2D eigenvalue weighted by Crippen LogP contribution is -2.45. The summed E-state index contributed by atoms with van der Waals surface area (Å²) < 4.78 is 2.14. The number of piperidine rings is 1. The normalized spacial score (nSPS) is 19.0. The maximum Gasteiger partial charge on any atom is 0.240 e. The van der Waals surface area contributed by atoms with Crippen LogP contribution in [0.1, 0.15) is 26.7 Å². The van der Waals surface area contributed by atoms with Crippen LogP contribution < -0.4 is 5.32 Å². The molecule has 8 heteroatoms. The molecule has 3 rings (SSSR count). The topological polar surface area (TPSA) is 66.0 Å². The fourth-order valence-corrected chi connectivity index (χ4v) is 3.96. The van der Waals surface area contributed by atoms with E-state index in [0.717, 1.165) is 31.1 Å². The summed E-state index contributed by atoms with van der Waals surface area (Å²) in [4.78, 5) is 15.0. The van der Waals surface area contributed by atoms with Gasteiger partial charge < -0.3 is 10.2 Å². The van der Waals surface area contributed by atoms with Crippen molar-refractivity contribution in [1.29, 1.82) is 0 Å². The third-order valence-electron chi connectivity index (χ3n) is 4.84.